The topological polar surface area (TPSA) is 40.7 Å². The predicted molar refractivity (Wildman–Crippen MR) is 62.0 cm³/mol. The highest BCUT2D eigenvalue weighted by molar-refractivity contribution is 6.31. The number of H-pyrrole nitrogens is 1. The Bertz CT molecular complexity index is 470. The second-order valence-corrected chi connectivity index (χ2v) is 3.91. The van der Waals surface area contributed by atoms with Crippen molar-refractivity contribution in [3.8, 4) is 0 Å². The van der Waals surface area contributed by atoms with Gasteiger partial charge >= 0.3 is 0 Å². The molecular weight excluding hydrogens is 229 g/mol. The van der Waals surface area contributed by atoms with Crippen molar-refractivity contribution in [2.45, 2.75) is 13.0 Å². The van der Waals surface area contributed by atoms with Crippen LogP contribution >= 0.6 is 11.6 Å². The van der Waals surface area contributed by atoms with Crippen LogP contribution in [0, 0.1) is 5.82 Å². The summed E-state index contributed by atoms with van der Waals surface area (Å²) in [7, 11) is 0. The van der Waals surface area contributed by atoms with Crippen LogP contribution in [0.15, 0.2) is 30.5 Å². The number of benzene rings is 1. The zero-order chi connectivity index (χ0) is 11.5. The van der Waals surface area contributed by atoms with Gasteiger partial charge in [-0.3, -0.25) is 5.10 Å². The fraction of sp³-hybridized carbons (Fsp3) is 0.182. The van der Waals surface area contributed by atoms with Crippen LogP contribution in [-0.2, 0) is 0 Å². The number of rotatable bonds is 3. The first-order valence-electron chi connectivity index (χ1n) is 4.87. The molecule has 1 aromatic carbocycles. The van der Waals surface area contributed by atoms with Crippen molar-refractivity contribution in [1.29, 1.82) is 0 Å². The smallest absolute Gasteiger partial charge is 0.141 e. The van der Waals surface area contributed by atoms with Gasteiger partial charge in [-0.1, -0.05) is 11.6 Å². The maximum atomic E-state index is 12.9. The molecule has 0 amide bonds. The number of hydrogen-bond donors (Lipinski definition) is 2. The Hall–Kier alpha value is -1.55. The number of halogens is 2. The van der Waals surface area contributed by atoms with E-state index in [4.69, 9.17) is 11.6 Å². The third-order valence-corrected chi connectivity index (χ3v) is 2.58. The van der Waals surface area contributed by atoms with Crippen LogP contribution < -0.4 is 5.32 Å². The van der Waals surface area contributed by atoms with Crippen LogP contribution in [-0.4, -0.2) is 10.2 Å². The minimum Gasteiger partial charge on any atom is -0.377 e. The fourth-order valence-corrected chi connectivity index (χ4v) is 1.60. The van der Waals surface area contributed by atoms with E-state index in [9.17, 15) is 4.39 Å². The molecular formula is C11H11ClFN3. The Kier molecular flexibility index (Phi) is 3.10. The molecule has 3 nitrogen and oxygen atoms in total. The first kappa shape index (κ1) is 11.0. The minimum absolute atomic E-state index is 0.0593. The van der Waals surface area contributed by atoms with Crippen molar-refractivity contribution in [2.75, 3.05) is 5.32 Å². The Balaban J connectivity index is 2.12. The van der Waals surface area contributed by atoms with E-state index >= 15 is 0 Å². The molecule has 0 saturated carbocycles. The van der Waals surface area contributed by atoms with Crippen molar-refractivity contribution >= 4 is 17.3 Å². The molecule has 2 N–H and O–H groups in total. The Labute approximate surface area is 97.6 Å². The third-order valence-electron chi connectivity index (χ3n) is 2.29. The van der Waals surface area contributed by atoms with Gasteiger partial charge in [-0.25, -0.2) is 4.39 Å². The molecule has 16 heavy (non-hydrogen) atoms. The number of anilines is 1. The molecule has 2 rings (SSSR count). The molecule has 0 saturated heterocycles. The number of aromatic amines is 1. The van der Waals surface area contributed by atoms with E-state index in [1.54, 1.807) is 18.3 Å². The lowest BCUT2D eigenvalue weighted by atomic mass is 10.2. The van der Waals surface area contributed by atoms with Crippen LogP contribution in [0.3, 0.4) is 0 Å². The van der Waals surface area contributed by atoms with Crippen LogP contribution in [0.25, 0.3) is 0 Å². The summed E-state index contributed by atoms with van der Waals surface area (Å²) < 4.78 is 12.9. The predicted octanol–water partition coefficient (Wildman–Crippen LogP) is 3.38. The average molecular weight is 240 g/mol. The highest BCUT2D eigenvalue weighted by Crippen LogP contribution is 2.22. The first-order valence-corrected chi connectivity index (χ1v) is 5.25. The van der Waals surface area contributed by atoms with Gasteiger partial charge in [-0.05, 0) is 31.2 Å². The van der Waals surface area contributed by atoms with E-state index in [1.807, 2.05) is 13.0 Å². The zero-order valence-electron chi connectivity index (χ0n) is 8.67. The molecule has 1 unspecified atom stereocenters. The summed E-state index contributed by atoms with van der Waals surface area (Å²) in [6, 6.07) is 6.48. The van der Waals surface area contributed by atoms with Crippen LogP contribution in [0.4, 0.5) is 10.1 Å². The van der Waals surface area contributed by atoms with Gasteiger partial charge in [0.15, 0.2) is 0 Å². The summed E-state index contributed by atoms with van der Waals surface area (Å²) in [5.74, 6) is -0.415. The van der Waals surface area contributed by atoms with Gasteiger partial charge < -0.3 is 5.32 Å². The summed E-state index contributed by atoms with van der Waals surface area (Å²) in [5, 5.41) is 10.0. The van der Waals surface area contributed by atoms with Crippen molar-refractivity contribution in [3.63, 3.8) is 0 Å². The van der Waals surface area contributed by atoms with Gasteiger partial charge in [-0.2, -0.15) is 5.10 Å². The third kappa shape index (κ3) is 2.33. The van der Waals surface area contributed by atoms with Gasteiger partial charge in [0.2, 0.25) is 0 Å². The van der Waals surface area contributed by atoms with Crippen LogP contribution in [0.1, 0.15) is 18.7 Å². The highest BCUT2D eigenvalue weighted by Gasteiger charge is 2.07. The molecule has 2 aromatic rings. The lowest BCUT2D eigenvalue weighted by Crippen LogP contribution is -2.07. The zero-order valence-corrected chi connectivity index (χ0v) is 9.42. The minimum atomic E-state index is -0.415. The summed E-state index contributed by atoms with van der Waals surface area (Å²) >= 11 is 5.69. The SMILES string of the molecule is CC(Nc1ccc(F)c(Cl)c1)c1ccn[nH]1. The van der Waals surface area contributed by atoms with E-state index in [1.165, 1.54) is 6.07 Å². The molecule has 0 aliphatic carbocycles. The summed E-state index contributed by atoms with van der Waals surface area (Å²) in [6.07, 6.45) is 1.69. The molecule has 5 heteroatoms. The van der Waals surface area contributed by atoms with Gasteiger partial charge in [-0.15, -0.1) is 0 Å². The Morgan fingerprint density at radius 1 is 1.44 bits per heavy atom. The molecule has 0 bridgehead atoms. The van der Waals surface area contributed by atoms with Crippen molar-refractivity contribution in [3.05, 3.63) is 47.0 Å². The standard InChI is InChI=1S/C11H11ClFN3/c1-7(11-4-5-14-16-11)15-8-2-3-10(13)9(12)6-8/h2-7,15H,1H3,(H,14,16). The van der Waals surface area contributed by atoms with Crippen molar-refractivity contribution < 1.29 is 4.39 Å². The number of aromatic nitrogens is 2. The summed E-state index contributed by atoms with van der Waals surface area (Å²) in [4.78, 5) is 0. The van der Waals surface area contributed by atoms with Crippen molar-refractivity contribution in [1.82, 2.24) is 10.2 Å². The van der Waals surface area contributed by atoms with Crippen molar-refractivity contribution in [2.24, 2.45) is 0 Å². The number of nitrogens with one attached hydrogen (secondary N) is 2. The molecule has 84 valence electrons. The van der Waals surface area contributed by atoms with E-state index in [0.717, 1.165) is 11.4 Å². The highest BCUT2D eigenvalue weighted by atomic mass is 35.5. The molecule has 0 aliphatic rings. The maximum Gasteiger partial charge on any atom is 0.141 e. The molecule has 1 aromatic heterocycles. The number of nitrogens with zero attached hydrogens (tertiary/aromatic N) is 1. The normalized spacial score (nSPS) is 12.4. The van der Waals surface area contributed by atoms with Gasteiger partial charge in [0, 0.05) is 11.9 Å². The Morgan fingerprint density at radius 2 is 2.25 bits per heavy atom. The number of hydrogen-bond acceptors (Lipinski definition) is 2. The van der Waals surface area contributed by atoms with E-state index < -0.39 is 5.82 Å². The second kappa shape index (κ2) is 4.53. The van der Waals surface area contributed by atoms with Gasteiger partial charge in [0.1, 0.15) is 5.82 Å². The molecule has 0 fully saturated rings. The van der Waals surface area contributed by atoms with E-state index in [2.05, 4.69) is 15.5 Å². The molecule has 0 radical (unpaired) electrons. The largest absolute Gasteiger partial charge is 0.377 e. The molecule has 1 atom stereocenters. The lowest BCUT2D eigenvalue weighted by molar-refractivity contribution is 0.628. The Morgan fingerprint density at radius 3 is 2.88 bits per heavy atom. The maximum absolute atomic E-state index is 12.9. The second-order valence-electron chi connectivity index (χ2n) is 3.51. The average Bonchev–Trinajstić information content (AvgIpc) is 2.77. The molecule has 0 spiro atoms. The molecule has 1 heterocycles. The first-order chi connectivity index (χ1) is 7.66. The summed E-state index contributed by atoms with van der Waals surface area (Å²) in [6.45, 7) is 1.98. The van der Waals surface area contributed by atoms with E-state index in [-0.39, 0.29) is 11.1 Å². The fourth-order valence-electron chi connectivity index (χ4n) is 1.42. The van der Waals surface area contributed by atoms with Crippen LogP contribution in [0.5, 0.6) is 0 Å². The van der Waals surface area contributed by atoms with Crippen LogP contribution in [0.2, 0.25) is 5.02 Å². The van der Waals surface area contributed by atoms with E-state index in [0.29, 0.717) is 0 Å². The summed E-state index contributed by atoms with van der Waals surface area (Å²) in [5.41, 5.74) is 1.73. The lowest BCUT2D eigenvalue weighted by Gasteiger charge is -2.13. The van der Waals surface area contributed by atoms with Gasteiger partial charge in [0.05, 0.1) is 16.8 Å². The quantitative estimate of drug-likeness (QED) is 0.862. The monoisotopic (exact) mass is 239 g/mol. The molecule has 0 aliphatic heterocycles. The van der Waals surface area contributed by atoms with Gasteiger partial charge in [0.25, 0.3) is 0 Å².